The zero-order valence-electron chi connectivity index (χ0n) is 10.2. The van der Waals surface area contributed by atoms with Crippen LogP contribution in [0, 0.1) is 3.83 Å². The Morgan fingerprint density at radius 3 is 2.95 bits per heavy atom. The quantitative estimate of drug-likeness (QED) is 0.377. The van der Waals surface area contributed by atoms with Crippen LogP contribution >= 0.6 is 22.6 Å². The van der Waals surface area contributed by atoms with Crippen molar-refractivity contribution in [2.75, 3.05) is 12.3 Å². The Kier molecular flexibility index (Phi) is 3.40. The molecule has 0 aliphatic carbocycles. The molecule has 3 heterocycles. The van der Waals surface area contributed by atoms with Crippen molar-refractivity contribution in [2.45, 2.75) is 24.9 Å². The van der Waals surface area contributed by atoms with Crippen LogP contribution in [0.25, 0.3) is 11.2 Å². The molecule has 1 fully saturated rings. The van der Waals surface area contributed by atoms with Gasteiger partial charge in [-0.25, -0.2) is 4.98 Å². The number of nitrogens with one attached hydrogen (secondary N) is 1. The average Bonchev–Trinajstić information content (AvgIpc) is 2.89. The lowest BCUT2D eigenvalue weighted by atomic mass is 10.2. The fraction of sp³-hybridized carbons (Fsp3) is 0.500. The molecule has 1 aliphatic heterocycles. The Hall–Kier alpha value is -1.24. The standard InChI is InChI=1S/C10H12IN5O4/c11-9-13-6-7(14-10(12)15-8(6)19)16(9)5-1-3(18)4(2-17)20-5/h3-5,17-18H,1-2H2,(H3,12,14,15,19)/t3-,4+,5+/m0/s1. The first-order valence-corrected chi connectivity index (χ1v) is 6.96. The van der Waals surface area contributed by atoms with Gasteiger partial charge in [-0.15, -0.1) is 0 Å². The van der Waals surface area contributed by atoms with Crippen LogP contribution < -0.4 is 11.3 Å². The minimum absolute atomic E-state index is 0.0164. The number of H-pyrrole nitrogens is 1. The molecule has 2 aromatic rings. The summed E-state index contributed by atoms with van der Waals surface area (Å²) in [5.74, 6) is -0.0164. The van der Waals surface area contributed by atoms with E-state index >= 15 is 0 Å². The highest BCUT2D eigenvalue weighted by molar-refractivity contribution is 14.1. The van der Waals surface area contributed by atoms with Crippen LogP contribution in [0.1, 0.15) is 12.6 Å². The zero-order valence-corrected chi connectivity index (χ0v) is 12.3. The van der Waals surface area contributed by atoms with Gasteiger partial charge in [-0.3, -0.25) is 14.3 Å². The minimum Gasteiger partial charge on any atom is -0.394 e. The van der Waals surface area contributed by atoms with Crippen molar-refractivity contribution in [3.05, 3.63) is 14.2 Å². The molecular formula is C10H12IN5O4. The lowest BCUT2D eigenvalue weighted by Gasteiger charge is -2.14. The molecule has 3 atom stereocenters. The van der Waals surface area contributed by atoms with Crippen LogP contribution in [-0.2, 0) is 4.74 Å². The molecule has 0 unspecified atom stereocenters. The van der Waals surface area contributed by atoms with Gasteiger partial charge in [0, 0.05) is 29.0 Å². The molecule has 0 bridgehead atoms. The Morgan fingerprint density at radius 2 is 2.30 bits per heavy atom. The lowest BCUT2D eigenvalue weighted by Crippen LogP contribution is -2.24. The molecule has 10 heteroatoms. The second-order valence-electron chi connectivity index (χ2n) is 4.49. The smallest absolute Gasteiger partial charge is 0.280 e. The van der Waals surface area contributed by atoms with E-state index in [1.54, 1.807) is 4.57 Å². The maximum atomic E-state index is 11.8. The van der Waals surface area contributed by atoms with E-state index in [1.807, 2.05) is 22.6 Å². The molecule has 108 valence electrons. The van der Waals surface area contributed by atoms with Crippen molar-refractivity contribution in [1.29, 1.82) is 0 Å². The summed E-state index contributed by atoms with van der Waals surface area (Å²) >= 11 is 1.95. The van der Waals surface area contributed by atoms with Crippen LogP contribution in [0.4, 0.5) is 5.95 Å². The maximum absolute atomic E-state index is 11.8. The number of aliphatic hydroxyl groups is 2. The predicted molar refractivity (Wildman–Crippen MR) is 76.9 cm³/mol. The van der Waals surface area contributed by atoms with Gasteiger partial charge in [0.15, 0.2) is 15.0 Å². The molecule has 3 rings (SSSR count). The highest BCUT2D eigenvalue weighted by atomic mass is 127. The summed E-state index contributed by atoms with van der Waals surface area (Å²) in [6.07, 6.45) is -1.71. The van der Waals surface area contributed by atoms with E-state index in [9.17, 15) is 9.90 Å². The van der Waals surface area contributed by atoms with Crippen molar-refractivity contribution in [1.82, 2.24) is 19.5 Å². The second kappa shape index (κ2) is 4.95. The number of rotatable bonds is 2. The number of imidazole rings is 1. The fourth-order valence-corrected chi connectivity index (χ4v) is 3.05. The van der Waals surface area contributed by atoms with Crippen molar-refractivity contribution in [3.63, 3.8) is 0 Å². The summed E-state index contributed by atoms with van der Waals surface area (Å²) in [7, 11) is 0. The van der Waals surface area contributed by atoms with Gasteiger partial charge >= 0.3 is 0 Å². The van der Waals surface area contributed by atoms with Crippen LogP contribution in [0.15, 0.2) is 4.79 Å². The SMILES string of the molecule is Nc1nc2c(nc(I)n2[C@H]2C[C@H](O)[C@@H](CO)O2)c(=O)[nH]1. The number of nitrogen functional groups attached to an aromatic ring is 1. The van der Waals surface area contributed by atoms with E-state index in [0.717, 1.165) is 0 Å². The molecule has 0 radical (unpaired) electrons. The number of hydrogen-bond donors (Lipinski definition) is 4. The Bertz CT molecular complexity index is 713. The predicted octanol–water partition coefficient (Wildman–Crippen LogP) is -1.05. The van der Waals surface area contributed by atoms with Crippen molar-refractivity contribution < 1.29 is 14.9 Å². The third kappa shape index (κ3) is 2.08. The minimum atomic E-state index is -0.780. The molecular weight excluding hydrogens is 381 g/mol. The summed E-state index contributed by atoms with van der Waals surface area (Å²) in [6.45, 7) is -0.281. The van der Waals surface area contributed by atoms with E-state index in [0.29, 0.717) is 9.48 Å². The van der Waals surface area contributed by atoms with Crippen LogP contribution in [0.2, 0.25) is 0 Å². The van der Waals surface area contributed by atoms with Gasteiger partial charge in [-0.2, -0.15) is 4.98 Å². The highest BCUT2D eigenvalue weighted by Gasteiger charge is 2.36. The second-order valence-corrected chi connectivity index (χ2v) is 5.45. The normalized spacial score (nSPS) is 26.4. The number of ether oxygens (including phenoxy) is 1. The number of aliphatic hydroxyl groups excluding tert-OH is 2. The summed E-state index contributed by atoms with van der Waals surface area (Å²) in [5.41, 5.74) is 5.57. The van der Waals surface area contributed by atoms with E-state index in [1.165, 1.54) is 0 Å². The summed E-state index contributed by atoms with van der Waals surface area (Å²) < 4.78 is 7.66. The fourth-order valence-electron chi connectivity index (χ4n) is 2.27. The summed E-state index contributed by atoms with van der Waals surface area (Å²) in [4.78, 5) is 22.4. The van der Waals surface area contributed by atoms with Gasteiger partial charge in [0.05, 0.1) is 12.7 Å². The molecule has 9 nitrogen and oxygen atoms in total. The third-order valence-corrected chi connectivity index (χ3v) is 3.96. The highest BCUT2D eigenvalue weighted by Crippen LogP contribution is 2.32. The largest absolute Gasteiger partial charge is 0.394 e. The molecule has 0 aromatic carbocycles. The lowest BCUT2D eigenvalue weighted by molar-refractivity contribution is -0.0440. The number of nitrogens with zero attached hydrogens (tertiary/aromatic N) is 3. The maximum Gasteiger partial charge on any atom is 0.280 e. The van der Waals surface area contributed by atoms with Gasteiger partial charge < -0.3 is 20.7 Å². The first-order valence-electron chi connectivity index (χ1n) is 5.89. The summed E-state index contributed by atoms with van der Waals surface area (Å²) in [6, 6.07) is 0. The number of anilines is 1. The topological polar surface area (TPSA) is 139 Å². The first kappa shape index (κ1) is 13.7. The number of halogens is 1. The molecule has 2 aromatic heterocycles. The van der Waals surface area contributed by atoms with Crippen LogP contribution in [0.3, 0.4) is 0 Å². The molecule has 0 saturated carbocycles. The average molecular weight is 393 g/mol. The molecule has 20 heavy (non-hydrogen) atoms. The summed E-state index contributed by atoms with van der Waals surface area (Å²) in [5, 5.41) is 18.9. The van der Waals surface area contributed by atoms with Gasteiger partial charge in [0.2, 0.25) is 5.95 Å². The van der Waals surface area contributed by atoms with Gasteiger partial charge in [0.25, 0.3) is 5.56 Å². The molecule has 1 aliphatic rings. The number of hydrogen-bond acceptors (Lipinski definition) is 7. The van der Waals surface area contributed by atoms with Crippen LogP contribution in [-0.4, -0.2) is 48.5 Å². The number of aromatic amines is 1. The van der Waals surface area contributed by atoms with E-state index in [4.69, 9.17) is 15.6 Å². The van der Waals surface area contributed by atoms with Gasteiger partial charge in [0.1, 0.15) is 12.3 Å². The molecule has 0 amide bonds. The van der Waals surface area contributed by atoms with Crippen LogP contribution in [0.5, 0.6) is 0 Å². The van der Waals surface area contributed by atoms with E-state index in [2.05, 4.69) is 15.0 Å². The monoisotopic (exact) mass is 393 g/mol. The van der Waals surface area contributed by atoms with Crippen molar-refractivity contribution >= 4 is 39.7 Å². The Morgan fingerprint density at radius 1 is 1.55 bits per heavy atom. The Balaban J connectivity index is 2.13. The van der Waals surface area contributed by atoms with Crippen molar-refractivity contribution in [2.24, 2.45) is 0 Å². The number of nitrogens with two attached hydrogens (primary N) is 1. The van der Waals surface area contributed by atoms with E-state index in [-0.39, 0.29) is 24.5 Å². The zero-order chi connectivity index (χ0) is 14.4. The molecule has 5 N–H and O–H groups in total. The third-order valence-electron chi connectivity index (χ3n) is 3.20. The molecule has 0 spiro atoms. The number of fused-ring (bicyclic) bond motifs is 1. The molecule has 1 saturated heterocycles. The first-order chi connectivity index (χ1) is 9.51. The van der Waals surface area contributed by atoms with Gasteiger partial charge in [-0.1, -0.05) is 0 Å². The van der Waals surface area contributed by atoms with E-state index < -0.39 is 24.0 Å². The van der Waals surface area contributed by atoms with Gasteiger partial charge in [-0.05, 0) is 0 Å². The Labute approximate surface area is 125 Å². The number of aromatic nitrogens is 4. The van der Waals surface area contributed by atoms with Crippen molar-refractivity contribution in [3.8, 4) is 0 Å².